The van der Waals surface area contributed by atoms with Crippen molar-refractivity contribution in [3.05, 3.63) is 56.2 Å². The van der Waals surface area contributed by atoms with Gasteiger partial charge in [-0.2, -0.15) is 0 Å². The molecule has 0 aliphatic rings. The van der Waals surface area contributed by atoms with Gasteiger partial charge in [0.15, 0.2) is 0 Å². The minimum atomic E-state index is -0.395. The van der Waals surface area contributed by atoms with Gasteiger partial charge in [0, 0.05) is 10.2 Å². The van der Waals surface area contributed by atoms with Crippen molar-refractivity contribution in [2.75, 3.05) is 5.32 Å². The van der Waals surface area contributed by atoms with Crippen molar-refractivity contribution in [2.24, 2.45) is 0 Å². The number of aromatic nitrogens is 1. The maximum Gasteiger partial charge on any atom is 0.275 e. The third-order valence-corrected chi connectivity index (χ3v) is 3.48. The van der Waals surface area contributed by atoms with Gasteiger partial charge in [0.1, 0.15) is 10.8 Å². The van der Waals surface area contributed by atoms with Crippen molar-refractivity contribution in [3.63, 3.8) is 0 Å². The van der Waals surface area contributed by atoms with Crippen LogP contribution in [0.3, 0.4) is 0 Å². The Morgan fingerprint density at radius 1 is 1.26 bits per heavy atom. The Kier molecular flexibility index (Phi) is 4.45. The number of rotatable bonds is 2. The van der Waals surface area contributed by atoms with E-state index in [0.29, 0.717) is 5.69 Å². The molecule has 6 heteroatoms. The quantitative estimate of drug-likeness (QED) is 0.789. The first-order valence-corrected chi connectivity index (χ1v) is 6.92. The van der Waals surface area contributed by atoms with E-state index in [1.54, 1.807) is 6.07 Å². The summed E-state index contributed by atoms with van der Waals surface area (Å²) in [5.74, 6) is -0.395. The van der Waals surface area contributed by atoms with Gasteiger partial charge in [-0.3, -0.25) is 4.79 Å². The van der Waals surface area contributed by atoms with Gasteiger partial charge in [-0.05, 0) is 36.8 Å². The third kappa shape index (κ3) is 3.47. The van der Waals surface area contributed by atoms with Crippen LogP contribution in [0.5, 0.6) is 0 Å². The number of benzene rings is 1. The Hall–Kier alpha value is -1.10. The molecule has 2 aromatic rings. The number of nitrogens with one attached hydrogen (secondary N) is 1. The van der Waals surface area contributed by atoms with Gasteiger partial charge in [-0.15, -0.1) is 0 Å². The van der Waals surface area contributed by atoms with E-state index in [1.165, 1.54) is 6.07 Å². The van der Waals surface area contributed by atoms with Crippen LogP contribution in [0.15, 0.2) is 34.8 Å². The fourth-order valence-electron chi connectivity index (χ4n) is 1.49. The molecular weight excluding hydrogens is 351 g/mol. The van der Waals surface area contributed by atoms with Crippen molar-refractivity contribution < 1.29 is 4.79 Å². The van der Waals surface area contributed by atoms with Crippen LogP contribution in [0.25, 0.3) is 0 Å². The molecule has 0 atom stereocenters. The van der Waals surface area contributed by atoms with Gasteiger partial charge in [0.25, 0.3) is 5.91 Å². The van der Waals surface area contributed by atoms with Crippen molar-refractivity contribution in [2.45, 2.75) is 6.92 Å². The largest absolute Gasteiger partial charge is 0.320 e. The highest BCUT2D eigenvalue weighted by molar-refractivity contribution is 9.10. The van der Waals surface area contributed by atoms with Crippen LogP contribution in [0.4, 0.5) is 5.69 Å². The number of carbonyl (C=O) groups excluding carboxylic acids is 1. The Morgan fingerprint density at radius 2 is 2.00 bits per heavy atom. The summed E-state index contributed by atoms with van der Waals surface area (Å²) < 4.78 is 0.874. The molecule has 1 amide bonds. The van der Waals surface area contributed by atoms with Crippen LogP contribution >= 0.6 is 39.1 Å². The van der Waals surface area contributed by atoms with Crippen molar-refractivity contribution in [1.29, 1.82) is 0 Å². The van der Waals surface area contributed by atoms with E-state index in [1.807, 2.05) is 25.1 Å². The normalized spacial score (nSPS) is 10.3. The zero-order valence-electron chi connectivity index (χ0n) is 9.88. The molecule has 1 aromatic carbocycles. The molecule has 2 rings (SSSR count). The summed E-state index contributed by atoms with van der Waals surface area (Å²) in [5, 5.41) is 3.24. The molecule has 0 unspecified atom stereocenters. The lowest BCUT2D eigenvalue weighted by Crippen LogP contribution is -2.15. The highest BCUT2D eigenvalue weighted by Gasteiger charge is 2.14. The van der Waals surface area contributed by atoms with Crippen LogP contribution in [-0.4, -0.2) is 10.9 Å². The molecule has 98 valence electrons. The van der Waals surface area contributed by atoms with Crippen molar-refractivity contribution in [1.82, 2.24) is 4.98 Å². The van der Waals surface area contributed by atoms with Gasteiger partial charge < -0.3 is 5.32 Å². The van der Waals surface area contributed by atoms with Crippen molar-refractivity contribution in [3.8, 4) is 0 Å². The number of hydrogen-bond acceptors (Lipinski definition) is 2. The average molecular weight is 360 g/mol. The first-order valence-electron chi connectivity index (χ1n) is 5.37. The minimum Gasteiger partial charge on any atom is -0.320 e. The van der Waals surface area contributed by atoms with Gasteiger partial charge in [0.05, 0.1) is 5.02 Å². The van der Waals surface area contributed by atoms with E-state index >= 15 is 0 Å². The lowest BCUT2D eigenvalue weighted by atomic mass is 10.2. The molecule has 19 heavy (non-hydrogen) atoms. The summed E-state index contributed by atoms with van der Waals surface area (Å²) in [5.41, 5.74) is 1.74. The third-order valence-electron chi connectivity index (χ3n) is 2.47. The van der Waals surface area contributed by atoms with Gasteiger partial charge in [-0.25, -0.2) is 4.98 Å². The zero-order chi connectivity index (χ0) is 14.0. The van der Waals surface area contributed by atoms with E-state index in [9.17, 15) is 4.79 Å². The lowest BCUT2D eigenvalue weighted by Gasteiger charge is -2.09. The smallest absolute Gasteiger partial charge is 0.275 e. The number of nitrogens with zero attached hydrogens (tertiary/aromatic N) is 1. The Bertz CT molecular complexity index is 647. The molecule has 0 aliphatic carbocycles. The summed E-state index contributed by atoms with van der Waals surface area (Å²) in [7, 11) is 0. The molecule has 3 nitrogen and oxygen atoms in total. The Morgan fingerprint density at radius 3 is 2.74 bits per heavy atom. The summed E-state index contributed by atoms with van der Waals surface area (Å²) in [6.07, 6.45) is 0. The maximum atomic E-state index is 12.1. The number of aryl methyl sites for hydroxylation is 1. The first kappa shape index (κ1) is 14.3. The summed E-state index contributed by atoms with van der Waals surface area (Å²) in [4.78, 5) is 16.0. The van der Waals surface area contributed by atoms with Crippen LogP contribution in [-0.2, 0) is 0 Å². The Labute approximate surface area is 129 Å². The van der Waals surface area contributed by atoms with E-state index < -0.39 is 5.91 Å². The van der Waals surface area contributed by atoms with Gasteiger partial charge >= 0.3 is 0 Å². The molecule has 0 bridgehead atoms. The highest BCUT2D eigenvalue weighted by Crippen LogP contribution is 2.23. The number of pyridine rings is 1. The standard InChI is InChI=1S/C13H9BrCl2N2O/c1-7-2-3-8(14)6-10(7)17-13(19)12-9(15)4-5-11(16)18-12/h2-6H,1H3,(H,17,19). The van der Waals surface area contributed by atoms with Crippen molar-refractivity contribution >= 4 is 50.7 Å². The summed E-state index contributed by atoms with van der Waals surface area (Å²) in [6, 6.07) is 8.68. The molecule has 1 aromatic heterocycles. The minimum absolute atomic E-state index is 0.105. The number of carbonyl (C=O) groups is 1. The fourth-order valence-corrected chi connectivity index (χ4v) is 2.19. The molecule has 0 radical (unpaired) electrons. The molecule has 1 heterocycles. The second kappa shape index (κ2) is 5.90. The number of amides is 1. The number of anilines is 1. The molecule has 0 aliphatic heterocycles. The van der Waals surface area contributed by atoms with Crippen LogP contribution in [0, 0.1) is 6.92 Å². The molecular formula is C13H9BrCl2N2O. The highest BCUT2D eigenvalue weighted by atomic mass is 79.9. The van der Waals surface area contributed by atoms with E-state index in [2.05, 4.69) is 26.2 Å². The lowest BCUT2D eigenvalue weighted by molar-refractivity contribution is 0.102. The SMILES string of the molecule is Cc1ccc(Br)cc1NC(=O)c1nc(Cl)ccc1Cl. The van der Waals surface area contributed by atoms with Crippen LogP contribution in [0.2, 0.25) is 10.2 Å². The second-order valence-corrected chi connectivity index (χ2v) is 5.59. The van der Waals surface area contributed by atoms with E-state index in [4.69, 9.17) is 23.2 Å². The first-order chi connectivity index (χ1) is 8.97. The van der Waals surface area contributed by atoms with Gasteiger partial charge in [-0.1, -0.05) is 45.2 Å². The topological polar surface area (TPSA) is 42.0 Å². The Balaban J connectivity index is 2.30. The maximum absolute atomic E-state index is 12.1. The fraction of sp³-hybridized carbons (Fsp3) is 0.0769. The van der Waals surface area contributed by atoms with E-state index in [0.717, 1.165) is 10.0 Å². The monoisotopic (exact) mass is 358 g/mol. The molecule has 1 N–H and O–H groups in total. The molecule has 0 spiro atoms. The molecule has 0 saturated carbocycles. The zero-order valence-corrected chi connectivity index (χ0v) is 13.0. The van der Waals surface area contributed by atoms with E-state index in [-0.39, 0.29) is 15.9 Å². The summed E-state index contributed by atoms with van der Waals surface area (Å²) in [6.45, 7) is 1.90. The molecule has 0 saturated heterocycles. The summed E-state index contributed by atoms with van der Waals surface area (Å²) >= 11 is 15.1. The average Bonchev–Trinajstić information content (AvgIpc) is 2.36. The van der Waals surface area contributed by atoms with Gasteiger partial charge in [0.2, 0.25) is 0 Å². The number of halogens is 3. The molecule has 0 fully saturated rings. The predicted octanol–water partition coefficient (Wildman–Crippen LogP) is 4.71. The second-order valence-electron chi connectivity index (χ2n) is 3.88. The number of hydrogen-bond donors (Lipinski definition) is 1. The predicted molar refractivity (Wildman–Crippen MR) is 81.1 cm³/mol. The van der Waals surface area contributed by atoms with Crippen LogP contribution < -0.4 is 5.32 Å². The van der Waals surface area contributed by atoms with Crippen LogP contribution in [0.1, 0.15) is 16.1 Å².